The Morgan fingerprint density at radius 2 is 1.84 bits per heavy atom. The highest BCUT2D eigenvalue weighted by atomic mass is 32.2. The average molecular weight is 481 g/mol. The molecular formula is C18H16F5N3O5S. The van der Waals surface area contributed by atoms with Gasteiger partial charge in [-0.15, -0.1) is 0 Å². The van der Waals surface area contributed by atoms with E-state index < -0.39 is 68.2 Å². The number of alkyl halides is 5. The fourth-order valence-corrected chi connectivity index (χ4v) is 4.76. The summed E-state index contributed by atoms with van der Waals surface area (Å²) >= 11 is 0. The third-order valence-corrected chi connectivity index (χ3v) is 6.14. The van der Waals surface area contributed by atoms with Gasteiger partial charge in [0.25, 0.3) is 16.4 Å². The van der Waals surface area contributed by atoms with E-state index in [4.69, 9.17) is 9.47 Å². The summed E-state index contributed by atoms with van der Waals surface area (Å²) in [5, 5.41) is 10.6. The normalized spacial score (nSPS) is 15.8. The van der Waals surface area contributed by atoms with Crippen LogP contribution >= 0.6 is 0 Å². The number of anilines is 1. The van der Waals surface area contributed by atoms with Crippen molar-refractivity contribution in [3.05, 3.63) is 47.4 Å². The first-order chi connectivity index (χ1) is 15.0. The van der Waals surface area contributed by atoms with Gasteiger partial charge in [-0.3, -0.25) is 0 Å². The van der Waals surface area contributed by atoms with Crippen LogP contribution in [0.5, 0.6) is 5.75 Å². The molecule has 8 nitrogen and oxygen atoms in total. The number of methoxy groups -OCH3 is 1. The first kappa shape index (κ1) is 23.7. The molecule has 0 spiro atoms. The van der Waals surface area contributed by atoms with Crippen molar-refractivity contribution in [1.82, 2.24) is 9.97 Å². The van der Waals surface area contributed by atoms with E-state index in [2.05, 4.69) is 9.97 Å². The molecule has 0 radical (unpaired) electrons. The van der Waals surface area contributed by atoms with Crippen LogP contribution in [0.1, 0.15) is 16.8 Å². The van der Waals surface area contributed by atoms with Crippen molar-refractivity contribution < 1.29 is 45.0 Å². The van der Waals surface area contributed by atoms with E-state index in [9.17, 15) is 35.5 Å². The summed E-state index contributed by atoms with van der Waals surface area (Å²) < 4.78 is 104. The number of aliphatic hydroxyl groups is 1. The van der Waals surface area contributed by atoms with E-state index in [1.807, 2.05) is 0 Å². The standard InChI is InChI=1S/C18H16F5N3O5S/c1-30-7-8-31-11-4-2-3-10(13(11)18(21,22)23)16-15(27)14-17(25-6-5-24-14)26(9-12(19)20)32(16,28)29/h2-6,12,27H,7-9H2,1H3. The number of benzene rings is 1. The molecule has 0 unspecified atom stereocenters. The molecule has 0 bridgehead atoms. The van der Waals surface area contributed by atoms with Crippen molar-refractivity contribution in [2.24, 2.45) is 0 Å². The highest BCUT2D eigenvalue weighted by Crippen LogP contribution is 2.47. The van der Waals surface area contributed by atoms with Crippen LogP contribution < -0.4 is 9.04 Å². The number of hydrogen-bond acceptors (Lipinski definition) is 7. The average Bonchev–Trinajstić information content (AvgIpc) is 2.70. The lowest BCUT2D eigenvalue weighted by atomic mass is 10.0. The van der Waals surface area contributed by atoms with Gasteiger partial charge in [-0.2, -0.15) is 13.2 Å². The number of ether oxygens (including phenoxy) is 2. The van der Waals surface area contributed by atoms with E-state index in [0.29, 0.717) is 0 Å². The molecule has 0 saturated heterocycles. The molecule has 0 aliphatic carbocycles. The number of nitrogens with zero attached hydrogens (tertiary/aromatic N) is 3. The first-order valence-electron chi connectivity index (χ1n) is 8.88. The summed E-state index contributed by atoms with van der Waals surface area (Å²) in [6.07, 6.45) is -6.29. The van der Waals surface area contributed by atoms with Gasteiger partial charge in [0.15, 0.2) is 11.6 Å². The third-order valence-electron chi connectivity index (χ3n) is 4.31. The molecule has 32 heavy (non-hydrogen) atoms. The molecule has 0 fully saturated rings. The summed E-state index contributed by atoms with van der Waals surface area (Å²) in [6, 6.07) is 2.82. The summed E-state index contributed by atoms with van der Waals surface area (Å²) in [6.45, 7) is -1.75. The highest BCUT2D eigenvalue weighted by molar-refractivity contribution is 8.02. The summed E-state index contributed by atoms with van der Waals surface area (Å²) in [5.41, 5.74) is -3.05. The molecule has 0 amide bonds. The Balaban J connectivity index is 2.32. The zero-order valence-corrected chi connectivity index (χ0v) is 17.1. The lowest BCUT2D eigenvalue weighted by Crippen LogP contribution is -2.40. The Labute approximate surface area is 179 Å². The van der Waals surface area contributed by atoms with Gasteiger partial charge < -0.3 is 14.6 Å². The SMILES string of the molecule is COCCOc1cccc(C2=C(O)c3nccnc3N(CC(F)F)S2(=O)=O)c1C(F)(F)F. The van der Waals surface area contributed by atoms with Crippen LogP contribution in [0.4, 0.5) is 27.8 Å². The fourth-order valence-electron chi connectivity index (χ4n) is 3.08. The third kappa shape index (κ3) is 4.32. The minimum absolute atomic E-state index is 0.0566. The van der Waals surface area contributed by atoms with Crippen LogP contribution in [0.2, 0.25) is 0 Å². The molecule has 1 aromatic heterocycles. The Morgan fingerprint density at radius 3 is 2.47 bits per heavy atom. The minimum Gasteiger partial charge on any atom is -0.504 e. The van der Waals surface area contributed by atoms with Gasteiger partial charge in [-0.05, 0) is 6.07 Å². The number of sulfonamides is 1. The fraction of sp³-hybridized carbons (Fsp3) is 0.333. The number of hydrogen-bond donors (Lipinski definition) is 1. The Morgan fingerprint density at radius 1 is 1.16 bits per heavy atom. The van der Waals surface area contributed by atoms with Crippen molar-refractivity contribution >= 4 is 26.5 Å². The number of aliphatic hydroxyl groups excluding tert-OH is 1. The lowest BCUT2D eigenvalue weighted by molar-refractivity contribution is -0.139. The van der Waals surface area contributed by atoms with Crippen LogP contribution in [0.15, 0.2) is 30.6 Å². The second kappa shape index (κ2) is 8.86. The predicted octanol–water partition coefficient (Wildman–Crippen LogP) is 3.32. The number of fused-ring (bicyclic) bond motifs is 1. The number of rotatable bonds is 7. The van der Waals surface area contributed by atoms with Crippen LogP contribution in [0.25, 0.3) is 10.7 Å². The molecule has 1 N–H and O–H groups in total. The van der Waals surface area contributed by atoms with Crippen molar-refractivity contribution in [1.29, 1.82) is 0 Å². The molecule has 2 heterocycles. The maximum Gasteiger partial charge on any atom is 0.420 e. The zero-order chi connectivity index (χ0) is 23.7. The molecule has 14 heteroatoms. The molecule has 0 saturated carbocycles. The molecule has 1 aromatic carbocycles. The molecular weight excluding hydrogens is 465 g/mol. The monoisotopic (exact) mass is 481 g/mol. The molecule has 2 aromatic rings. The van der Waals surface area contributed by atoms with Crippen LogP contribution in [-0.2, 0) is 20.9 Å². The summed E-state index contributed by atoms with van der Waals surface area (Å²) in [4.78, 5) is 6.15. The Bertz CT molecular complexity index is 1140. The number of halogens is 5. The van der Waals surface area contributed by atoms with Crippen molar-refractivity contribution in [2.45, 2.75) is 12.6 Å². The van der Waals surface area contributed by atoms with Gasteiger partial charge in [0, 0.05) is 25.1 Å². The quantitative estimate of drug-likeness (QED) is 0.478. The smallest absolute Gasteiger partial charge is 0.420 e. The summed E-state index contributed by atoms with van der Waals surface area (Å²) in [7, 11) is -3.80. The predicted molar refractivity (Wildman–Crippen MR) is 103 cm³/mol. The largest absolute Gasteiger partial charge is 0.504 e. The van der Waals surface area contributed by atoms with Gasteiger partial charge >= 0.3 is 6.18 Å². The number of aromatic nitrogens is 2. The Kier molecular flexibility index (Phi) is 6.55. The van der Waals surface area contributed by atoms with Gasteiger partial charge in [0.2, 0.25) is 0 Å². The zero-order valence-electron chi connectivity index (χ0n) is 16.3. The maximum atomic E-state index is 14.0. The molecule has 1 aliphatic rings. The van der Waals surface area contributed by atoms with Crippen LogP contribution in [-0.4, -0.2) is 56.8 Å². The molecule has 3 rings (SSSR count). The lowest BCUT2D eigenvalue weighted by Gasteiger charge is -2.31. The van der Waals surface area contributed by atoms with E-state index in [1.165, 1.54) is 7.11 Å². The van der Waals surface area contributed by atoms with Crippen LogP contribution in [0, 0.1) is 0 Å². The maximum absolute atomic E-state index is 14.0. The van der Waals surface area contributed by atoms with E-state index >= 15 is 0 Å². The molecule has 0 atom stereocenters. The topological polar surface area (TPSA) is 102 Å². The van der Waals surface area contributed by atoms with E-state index in [-0.39, 0.29) is 17.5 Å². The second-order valence-corrected chi connectivity index (χ2v) is 8.15. The summed E-state index contributed by atoms with van der Waals surface area (Å²) in [5.74, 6) is -2.51. The van der Waals surface area contributed by atoms with Gasteiger partial charge in [-0.1, -0.05) is 12.1 Å². The minimum atomic E-state index is -5.13. The first-order valence-corrected chi connectivity index (χ1v) is 10.3. The van der Waals surface area contributed by atoms with Crippen molar-refractivity contribution in [2.75, 3.05) is 31.2 Å². The van der Waals surface area contributed by atoms with Gasteiger partial charge in [-0.25, -0.2) is 31.5 Å². The van der Waals surface area contributed by atoms with Gasteiger partial charge in [0.1, 0.15) is 28.5 Å². The van der Waals surface area contributed by atoms with Gasteiger partial charge in [0.05, 0.1) is 13.2 Å². The van der Waals surface area contributed by atoms with Crippen molar-refractivity contribution in [3.63, 3.8) is 0 Å². The second-order valence-electron chi connectivity index (χ2n) is 6.35. The highest BCUT2D eigenvalue weighted by Gasteiger charge is 2.46. The Hall–Kier alpha value is -3.00. The molecule has 1 aliphatic heterocycles. The van der Waals surface area contributed by atoms with Crippen LogP contribution in [0.3, 0.4) is 0 Å². The molecule has 174 valence electrons. The van der Waals surface area contributed by atoms with Crippen molar-refractivity contribution in [3.8, 4) is 5.75 Å². The van der Waals surface area contributed by atoms with E-state index in [1.54, 1.807) is 0 Å². The van der Waals surface area contributed by atoms with E-state index in [0.717, 1.165) is 30.6 Å².